The van der Waals surface area contributed by atoms with E-state index in [-0.39, 0.29) is 0 Å². The molecule has 0 unspecified atom stereocenters. The number of hydrogen-bond donors (Lipinski definition) is 0. The number of halogens is 1. The average Bonchev–Trinajstić information content (AvgIpc) is 2.63. The van der Waals surface area contributed by atoms with Crippen molar-refractivity contribution in [1.82, 2.24) is 0 Å². The molecule has 1 aromatic carbocycles. The van der Waals surface area contributed by atoms with Crippen LogP contribution in [-0.4, -0.2) is 18.5 Å². The van der Waals surface area contributed by atoms with E-state index in [1.54, 1.807) is 24.3 Å². The van der Waals surface area contributed by atoms with Crippen LogP contribution in [0.4, 0.5) is 0 Å². The zero-order valence-electron chi connectivity index (χ0n) is 15.5. The Kier molecular flexibility index (Phi) is 12.5. The van der Waals surface area contributed by atoms with E-state index in [2.05, 4.69) is 22.9 Å². The number of rotatable bonds is 13. The van der Waals surface area contributed by atoms with Gasteiger partial charge in [0.05, 0.1) is 6.61 Å². The fourth-order valence-corrected chi connectivity index (χ4v) is 2.69. The summed E-state index contributed by atoms with van der Waals surface area (Å²) in [7, 11) is 0. The van der Waals surface area contributed by atoms with Crippen LogP contribution in [0.2, 0.25) is 0 Å². The number of carbonyl (C=O) groups excluding carboxylic acids is 2. The Labute approximate surface area is 165 Å². The highest BCUT2D eigenvalue weighted by Gasteiger charge is 2.03. The van der Waals surface area contributed by atoms with Gasteiger partial charge in [-0.3, -0.25) is 0 Å². The van der Waals surface area contributed by atoms with Crippen LogP contribution in [0.1, 0.15) is 64.7 Å². The van der Waals surface area contributed by atoms with Gasteiger partial charge in [-0.1, -0.05) is 74.2 Å². The minimum Gasteiger partial charge on any atom is -0.463 e. The highest BCUT2D eigenvalue weighted by molar-refractivity contribution is 9.10. The van der Waals surface area contributed by atoms with E-state index < -0.39 is 11.9 Å². The zero-order chi connectivity index (χ0) is 19.0. The predicted molar refractivity (Wildman–Crippen MR) is 107 cm³/mol. The molecule has 0 atom stereocenters. The average molecular weight is 425 g/mol. The maximum absolute atomic E-state index is 11.6. The Morgan fingerprint density at radius 2 is 1.38 bits per heavy atom. The van der Waals surface area contributed by atoms with Crippen molar-refractivity contribution in [2.45, 2.75) is 64.7 Å². The summed E-state index contributed by atoms with van der Waals surface area (Å²) in [6.45, 7) is 2.61. The lowest BCUT2D eigenvalue weighted by Gasteiger charge is -2.03. The van der Waals surface area contributed by atoms with Crippen molar-refractivity contribution in [1.29, 1.82) is 0 Å². The Morgan fingerprint density at radius 3 is 2.00 bits per heavy atom. The zero-order valence-corrected chi connectivity index (χ0v) is 17.1. The standard InChI is InChI=1S/C21H29BrO4/c1-2-3-4-5-6-7-8-9-10-17-25-20(23)15-16-21(24)26-19-13-11-18(22)12-14-19/h11-16H,2-10,17H2,1H3/b16-15+. The molecule has 5 heteroatoms. The fraction of sp³-hybridized carbons (Fsp3) is 0.524. The number of carbonyl (C=O) groups is 2. The smallest absolute Gasteiger partial charge is 0.336 e. The number of benzene rings is 1. The lowest BCUT2D eigenvalue weighted by molar-refractivity contribution is -0.138. The number of esters is 2. The second-order valence-corrected chi connectivity index (χ2v) is 7.12. The summed E-state index contributed by atoms with van der Waals surface area (Å²) in [6.07, 6.45) is 13.1. The Bertz CT molecular complexity index is 552. The summed E-state index contributed by atoms with van der Waals surface area (Å²) >= 11 is 3.30. The molecule has 1 aromatic rings. The van der Waals surface area contributed by atoms with Gasteiger partial charge in [0.15, 0.2) is 0 Å². The van der Waals surface area contributed by atoms with Crippen molar-refractivity contribution in [3.05, 3.63) is 40.9 Å². The van der Waals surface area contributed by atoms with Crippen LogP contribution in [0.5, 0.6) is 5.75 Å². The maximum Gasteiger partial charge on any atom is 0.336 e. The molecule has 0 spiro atoms. The van der Waals surface area contributed by atoms with Gasteiger partial charge >= 0.3 is 11.9 Å². The van der Waals surface area contributed by atoms with Gasteiger partial charge in [-0.25, -0.2) is 9.59 Å². The molecule has 1 rings (SSSR count). The molecule has 4 nitrogen and oxygen atoms in total. The quantitative estimate of drug-likeness (QED) is 0.169. The molecule has 0 saturated carbocycles. The number of hydrogen-bond acceptors (Lipinski definition) is 4. The first kappa shape index (κ1) is 22.4. The largest absolute Gasteiger partial charge is 0.463 e. The third-order valence-electron chi connectivity index (χ3n) is 3.88. The van der Waals surface area contributed by atoms with Gasteiger partial charge in [-0.05, 0) is 30.7 Å². The van der Waals surface area contributed by atoms with Crippen LogP contribution in [0.15, 0.2) is 40.9 Å². The van der Waals surface area contributed by atoms with E-state index in [4.69, 9.17) is 9.47 Å². The van der Waals surface area contributed by atoms with Crippen molar-refractivity contribution in [3.63, 3.8) is 0 Å². The minimum absolute atomic E-state index is 0.390. The van der Waals surface area contributed by atoms with Crippen molar-refractivity contribution >= 4 is 27.9 Å². The molecule has 0 radical (unpaired) electrons. The Balaban J connectivity index is 2.04. The van der Waals surface area contributed by atoms with E-state index in [1.165, 1.54) is 44.9 Å². The highest BCUT2D eigenvalue weighted by Crippen LogP contribution is 2.16. The van der Waals surface area contributed by atoms with E-state index in [0.29, 0.717) is 12.4 Å². The molecule has 0 fully saturated rings. The lowest BCUT2D eigenvalue weighted by atomic mass is 10.1. The topological polar surface area (TPSA) is 52.6 Å². The molecule has 0 aliphatic heterocycles. The van der Waals surface area contributed by atoms with Crippen molar-refractivity contribution < 1.29 is 19.1 Å². The third-order valence-corrected chi connectivity index (χ3v) is 4.41. The SMILES string of the molecule is CCCCCCCCCCCOC(=O)/C=C/C(=O)Oc1ccc(Br)cc1. The number of unbranched alkanes of at least 4 members (excludes halogenated alkanes) is 8. The molecule has 0 amide bonds. The molecule has 0 aromatic heterocycles. The van der Waals surface area contributed by atoms with Crippen LogP contribution in [0, 0.1) is 0 Å². The molecule has 0 aliphatic rings. The molecule has 0 N–H and O–H groups in total. The van der Waals surface area contributed by atoms with Crippen LogP contribution in [0.25, 0.3) is 0 Å². The van der Waals surface area contributed by atoms with Gasteiger partial charge in [0.1, 0.15) is 5.75 Å². The van der Waals surface area contributed by atoms with E-state index in [0.717, 1.165) is 29.5 Å². The molecular formula is C21H29BrO4. The summed E-state index contributed by atoms with van der Waals surface area (Å²) in [4.78, 5) is 23.2. The molecule has 0 saturated heterocycles. The van der Waals surface area contributed by atoms with Crippen LogP contribution in [0.3, 0.4) is 0 Å². The summed E-state index contributed by atoms with van der Waals surface area (Å²) in [6, 6.07) is 6.87. The molecule has 0 bridgehead atoms. The molecule has 0 heterocycles. The van der Waals surface area contributed by atoms with Gasteiger partial charge in [0.2, 0.25) is 0 Å². The van der Waals surface area contributed by atoms with Gasteiger partial charge in [-0.2, -0.15) is 0 Å². The number of ether oxygens (including phenoxy) is 2. The molecule has 26 heavy (non-hydrogen) atoms. The van der Waals surface area contributed by atoms with Crippen molar-refractivity contribution in [2.24, 2.45) is 0 Å². The van der Waals surface area contributed by atoms with Gasteiger partial charge in [0, 0.05) is 16.6 Å². The monoisotopic (exact) mass is 424 g/mol. The normalized spacial score (nSPS) is 10.8. The predicted octanol–water partition coefficient (Wildman–Crippen LogP) is 5.98. The first-order valence-corrected chi connectivity index (χ1v) is 10.2. The van der Waals surface area contributed by atoms with Crippen LogP contribution >= 0.6 is 15.9 Å². The van der Waals surface area contributed by atoms with E-state index >= 15 is 0 Å². The van der Waals surface area contributed by atoms with Crippen molar-refractivity contribution in [2.75, 3.05) is 6.61 Å². The van der Waals surface area contributed by atoms with E-state index in [9.17, 15) is 9.59 Å². The first-order chi connectivity index (χ1) is 12.6. The second-order valence-electron chi connectivity index (χ2n) is 6.20. The lowest BCUT2D eigenvalue weighted by Crippen LogP contribution is -2.07. The minimum atomic E-state index is -0.604. The van der Waals surface area contributed by atoms with Gasteiger partial charge in [0.25, 0.3) is 0 Å². The van der Waals surface area contributed by atoms with Crippen LogP contribution < -0.4 is 4.74 Å². The molecular weight excluding hydrogens is 396 g/mol. The summed E-state index contributed by atoms with van der Waals surface area (Å²) in [5.41, 5.74) is 0. The fourth-order valence-electron chi connectivity index (χ4n) is 2.42. The summed E-state index contributed by atoms with van der Waals surface area (Å²) < 4.78 is 11.0. The Morgan fingerprint density at radius 1 is 0.846 bits per heavy atom. The molecule has 144 valence electrons. The van der Waals surface area contributed by atoms with Crippen molar-refractivity contribution in [3.8, 4) is 5.75 Å². The molecule has 0 aliphatic carbocycles. The third kappa shape index (κ3) is 11.9. The maximum atomic E-state index is 11.6. The van der Waals surface area contributed by atoms with Gasteiger partial charge < -0.3 is 9.47 Å². The van der Waals surface area contributed by atoms with Gasteiger partial charge in [-0.15, -0.1) is 0 Å². The highest BCUT2D eigenvalue weighted by atomic mass is 79.9. The van der Waals surface area contributed by atoms with E-state index in [1.807, 2.05) is 0 Å². The summed E-state index contributed by atoms with van der Waals surface area (Å²) in [5.74, 6) is -0.699. The second kappa shape index (κ2) is 14.5. The first-order valence-electron chi connectivity index (χ1n) is 9.44. The van der Waals surface area contributed by atoms with Crippen LogP contribution in [-0.2, 0) is 14.3 Å². The Hall–Kier alpha value is -1.62. The summed E-state index contributed by atoms with van der Waals surface area (Å²) in [5, 5.41) is 0.